The van der Waals surface area contributed by atoms with Crippen molar-refractivity contribution in [2.45, 2.75) is 12.8 Å². The normalized spacial score (nSPS) is 16.9. The topological polar surface area (TPSA) is 27.0 Å². The minimum absolute atomic E-state index is 0.179. The molecule has 2 nitrogen and oxygen atoms in total. The first-order valence-corrected chi connectivity index (χ1v) is 5.03. The average molecular weight is 204 g/mol. The first-order valence-electron chi connectivity index (χ1n) is 5.03. The van der Waals surface area contributed by atoms with E-state index in [0.717, 1.165) is 18.5 Å². The minimum Gasteiger partial charge on any atom is -0.373 e. The van der Waals surface area contributed by atoms with Crippen molar-refractivity contribution in [3.05, 3.63) is 30.1 Å². The Hall–Kier alpha value is -1.56. The van der Waals surface area contributed by atoms with Crippen LogP contribution in [0.5, 0.6) is 0 Å². The quantitative estimate of drug-likeness (QED) is 0.756. The van der Waals surface area contributed by atoms with Crippen molar-refractivity contribution in [1.29, 1.82) is 5.26 Å². The van der Waals surface area contributed by atoms with Crippen molar-refractivity contribution < 1.29 is 4.39 Å². The van der Waals surface area contributed by atoms with E-state index < -0.39 is 0 Å². The molecule has 0 spiro atoms. The van der Waals surface area contributed by atoms with E-state index in [0.29, 0.717) is 6.54 Å². The van der Waals surface area contributed by atoms with Crippen LogP contribution in [-0.4, -0.2) is 13.6 Å². The summed E-state index contributed by atoms with van der Waals surface area (Å²) >= 11 is 0. The molecule has 0 aliphatic heterocycles. The van der Waals surface area contributed by atoms with E-state index in [1.807, 2.05) is 18.0 Å². The lowest BCUT2D eigenvalue weighted by atomic mass is 10.1. The lowest BCUT2D eigenvalue weighted by Crippen LogP contribution is -2.25. The number of benzene rings is 1. The molecule has 3 heteroatoms. The van der Waals surface area contributed by atoms with E-state index in [9.17, 15) is 4.39 Å². The Morgan fingerprint density at radius 3 is 2.80 bits per heavy atom. The number of halogens is 1. The summed E-state index contributed by atoms with van der Waals surface area (Å²) in [6, 6.07) is 8.80. The highest BCUT2D eigenvalue weighted by molar-refractivity contribution is 5.46. The molecule has 1 aliphatic carbocycles. The van der Waals surface area contributed by atoms with Crippen LogP contribution < -0.4 is 4.90 Å². The zero-order valence-electron chi connectivity index (χ0n) is 8.70. The summed E-state index contributed by atoms with van der Waals surface area (Å²) in [6.07, 6.45) is 1.92. The Kier molecular flexibility index (Phi) is 2.36. The molecule has 78 valence electrons. The van der Waals surface area contributed by atoms with Crippen LogP contribution in [0.25, 0.3) is 0 Å². The van der Waals surface area contributed by atoms with Crippen LogP contribution >= 0.6 is 0 Å². The van der Waals surface area contributed by atoms with E-state index in [4.69, 9.17) is 5.26 Å². The van der Waals surface area contributed by atoms with Crippen molar-refractivity contribution in [3.8, 4) is 6.07 Å². The van der Waals surface area contributed by atoms with E-state index in [1.165, 1.54) is 12.1 Å². The molecule has 1 saturated carbocycles. The van der Waals surface area contributed by atoms with Gasteiger partial charge >= 0.3 is 0 Å². The van der Waals surface area contributed by atoms with Crippen molar-refractivity contribution in [3.63, 3.8) is 0 Å². The molecular formula is C12H13FN2. The van der Waals surface area contributed by atoms with Gasteiger partial charge in [0, 0.05) is 19.3 Å². The standard InChI is InChI=1S/C12H13FN2/c1-15(9-12(8-14)5-6-12)11-4-2-3-10(13)7-11/h2-4,7H,5-6,9H2,1H3. The fourth-order valence-corrected chi connectivity index (χ4v) is 1.72. The molecule has 1 aromatic carbocycles. The van der Waals surface area contributed by atoms with Crippen molar-refractivity contribution in [2.24, 2.45) is 5.41 Å². The van der Waals surface area contributed by atoms with Crippen molar-refractivity contribution in [2.75, 3.05) is 18.5 Å². The Balaban J connectivity index is 2.09. The third-order valence-electron chi connectivity index (χ3n) is 2.88. The Bertz CT molecular complexity index is 404. The Morgan fingerprint density at radius 1 is 1.53 bits per heavy atom. The Morgan fingerprint density at radius 2 is 2.27 bits per heavy atom. The van der Waals surface area contributed by atoms with Gasteiger partial charge in [0.2, 0.25) is 0 Å². The predicted molar refractivity (Wildman–Crippen MR) is 57.0 cm³/mol. The van der Waals surface area contributed by atoms with E-state index in [-0.39, 0.29) is 11.2 Å². The van der Waals surface area contributed by atoms with Crippen LogP contribution in [0.2, 0.25) is 0 Å². The molecule has 0 radical (unpaired) electrons. The number of hydrogen-bond acceptors (Lipinski definition) is 2. The second-order valence-corrected chi connectivity index (χ2v) is 4.23. The van der Waals surface area contributed by atoms with Crippen LogP contribution in [0, 0.1) is 22.6 Å². The van der Waals surface area contributed by atoms with Crippen molar-refractivity contribution >= 4 is 5.69 Å². The summed E-state index contributed by atoms with van der Waals surface area (Å²) in [6.45, 7) is 0.687. The van der Waals surface area contributed by atoms with Gasteiger partial charge in [-0.2, -0.15) is 5.26 Å². The monoisotopic (exact) mass is 204 g/mol. The molecular weight excluding hydrogens is 191 g/mol. The molecule has 0 heterocycles. The summed E-state index contributed by atoms with van der Waals surface area (Å²) in [5, 5.41) is 8.96. The molecule has 0 aromatic heterocycles. The third kappa shape index (κ3) is 2.10. The van der Waals surface area contributed by atoms with Gasteiger partial charge in [0.05, 0.1) is 11.5 Å². The molecule has 0 saturated heterocycles. The largest absolute Gasteiger partial charge is 0.373 e. The van der Waals surface area contributed by atoms with Crippen LogP contribution in [0.15, 0.2) is 24.3 Å². The van der Waals surface area contributed by atoms with Gasteiger partial charge in [0.15, 0.2) is 0 Å². The third-order valence-corrected chi connectivity index (χ3v) is 2.88. The van der Waals surface area contributed by atoms with Gasteiger partial charge in [-0.1, -0.05) is 6.07 Å². The predicted octanol–water partition coefficient (Wildman–Crippen LogP) is 2.57. The number of rotatable bonds is 3. The maximum absolute atomic E-state index is 13.0. The van der Waals surface area contributed by atoms with E-state index in [2.05, 4.69) is 6.07 Å². The van der Waals surface area contributed by atoms with Crippen LogP contribution in [0.3, 0.4) is 0 Å². The smallest absolute Gasteiger partial charge is 0.125 e. The van der Waals surface area contributed by atoms with Gasteiger partial charge in [-0.25, -0.2) is 4.39 Å². The summed E-state index contributed by atoms with van der Waals surface area (Å²) < 4.78 is 13.0. The highest BCUT2D eigenvalue weighted by atomic mass is 19.1. The van der Waals surface area contributed by atoms with E-state index >= 15 is 0 Å². The molecule has 0 atom stereocenters. The maximum Gasteiger partial charge on any atom is 0.125 e. The van der Waals surface area contributed by atoms with Crippen LogP contribution in [-0.2, 0) is 0 Å². The molecule has 0 unspecified atom stereocenters. The minimum atomic E-state index is -0.235. The fourth-order valence-electron chi connectivity index (χ4n) is 1.72. The Labute approximate surface area is 88.9 Å². The van der Waals surface area contributed by atoms with Crippen LogP contribution in [0.4, 0.5) is 10.1 Å². The highest BCUT2D eigenvalue weighted by Crippen LogP contribution is 2.45. The van der Waals surface area contributed by atoms with E-state index in [1.54, 1.807) is 6.07 Å². The second kappa shape index (κ2) is 3.54. The molecule has 2 rings (SSSR count). The lowest BCUT2D eigenvalue weighted by molar-refractivity contribution is 0.622. The number of anilines is 1. The van der Waals surface area contributed by atoms with Crippen molar-refractivity contribution in [1.82, 2.24) is 0 Å². The van der Waals surface area contributed by atoms with Gasteiger partial charge in [-0.3, -0.25) is 0 Å². The summed E-state index contributed by atoms with van der Waals surface area (Å²) in [7, 11) is 1.90. The van der Waals surface area contributed by atoms with Gasteiger partial charge in [-0.15, -0.1) is 0 Å². The summed E-state index contributed by atoms with van der Waals surface area (Å²) in [5.74, 6) is -0.235. The van der Waals surface area contributed by atoms with Crippen LogP contribution in [0.1, 0.15) is 12.8 Å². The molecule has 1 aromatic rings. The number of hydrogen-bond donors (Lipinski definition) is 0. The number of nitriles is 1. The average Bonchev–Trinajstić information content (AvgIpc) is 2.98. The maximum atomic E-state index is 13.0. The van der Waals surface area contributed by atoms with Gasteiger partial charge in [-0.05, 0) is 31.0 Å². The highest BCUT2D eigenvalue weighted by Gasteiger charge is 2.44. The summed E-state index contributed by atoms with van der Waals surface area (Å²) in [5.41, 5.74) is 0.651. The zero-order valence-corrected chi connectivity index (χ0v) is 8.70. The zero-order chi connectivity index (χ0) is 10.9. The molecule has 15 heavy (non-hydrogen) atoms. The number of nitrogens with zero attached hydrogens (tertiary/aromatic N) is 2. The summed E-state index contributed by atoms with van der Waals surface area (Å²) in [4.78, 5) is 1.94. The molecule has 1 fully saturated rings. The molecule has 0 bridgehead atoms. The molecule has 0 N–H and O–H groups in total. The first kappa shape index (κ1) is 9.97. The second-order valence-electron chi connectivity index (χ2n) is 4.23. The molecule has 1 aliphatic rings. The van der Waals surface area contributed by atoms with Gasteiger partial charge in [0.25, 0.3) is 0 Å². The SMILES string of the molecule is CN(CC1(C#N)CC1)c1cccc(F)c1. The lowest BCUT2D eigenvalue weighted by Gasteiger charge is -2.21. The van der Waals surface area contributed by atoms with Gasteiger partial charge in [0.1, 0.15) is 5.82 Å². The first-order chi connectivity index (χ1) is 7.15. The molecule has 0 amide bonds. The van der Waals surface area contributed by atoms with Gasteiger partial charge < -0.3 is 4.90 Å². The fraction of sp³-hybridized carbons (Fsp3) is 0.417.